The lowest BCUT2D eigenvalue weighted by molar-refractivity contribution is 0.140. The SMILES string of the molecule is [O]CC1C[C@@H](c2ccc(O)cc2O)CCN1. The van der Waals surface area contributed by atoms with Crippen LogP contribution in [0.4, 0.5) is 0 Å². The van der Waals surface area contributed by atoms with Crippen LogP contribution in [0.1, 0.15) is 24.3 Å². The van der Waals surface area contributed by atoms with Gasteiger partial charge < -0.3 is 15.5 Å². The number of nitrogens with one attached hydrogen (secondary N) is 1. The zero-order valence-electron chi connectivity index (χ0n) is 9.02. The van der Waals surface area contributed by atoms with E-state index in [2.05, 4.69) is 5.32 Å². The van der Waals surface area contributed by atoms with Gasteiger partial charge >= 0.3 is 0 Å². The minimum absolute atomic E-state index is 0.00745. The molecule has 1 unspecified atom stereocenters. The van der Waals surface area contributed by atoms with E-state index in [9.17, 15) is 15.3 Å². The molecule has 0 aliphatic carbocycles. The van der Waals surface area contributed by atoms with Crippen LogP contribution in [0.2, 0.25) is 0 Å². The van der Waals surface area contributed by atoms with Gasteiger partial charge in [0.2, 0.25) is 0 Å². The van der Waals surface area contributed by atoms with Crippen molar-refractivity contribution in [2.45, 2.75) is 24.8 Å². The lowest BCUT2D eigenvalue weighted by Gasteiger charge is -2.29. The quantitative estimate of drug-likeness (QED) is 0.707. The van der Waals surface area contributed by atoms with Gasteiger partial charge in [-0.15, -0.1) is 0 Å². The number of aromatic hydroxyl groups is 2. The topological polar surface area (TPSA) is 72.4 Å². The summed E-state index contributed by atoms with van der Waals surface area (Å²) in [7, 11) is 0. The molecule has 1 aromatic rings. The smallest absolute Gasteiger partial charge is 0.122 e. The van der Waals surface area contributed by atoms with Crippen molar-refractivity contribution in [1.82, 2.24) is 5.32 Å². The first kappa shape index (κ1) is 11.2. The summed E-state index contributed by atoms with van der Waals surface area (Å²) in [5.74, 6) is 0.396. The molecule has 1 aliphatic rings. The molecule has 1 aliphatic heterocycles. The predicted octanol–water partition coefficient (Wildman–Crippen LogP) is 1.36. The van der Waals surface area contributed by atoms with Gasteiger partial charge in [0.25, 0.3) is 0 Å². The van der Waals surface area contributed by atoms with E-state index in [0.717, 1.165) is 24.9 Å². The van der Waals surface area contributed by atoms with Crippen molar-refractivity contribution in [2.24, 2.45) is 0 Å². The standard InChI is InChI=1S/C12H16NO3/c14-7-9-5-8(3-4-13-9)11-2-1-10(15)6-12(11)16/h1-2,6,8-9,13,15-16H,3-5,7H2/t8-,9?/m0/s1. The van der Waals surface area contributed by atoms with Crippen molar-refractivity contribution >= 4 is 0 Å². The monoisotopic (exact) mass is 222 g/mol. The molecule has 16 heavy (non-hydrogen) atoms. The van der Waals surface area contributed by atoms with Gasteiger partial charge in [-0.25, -0.2) is 5.11 Å². The summed E-state index contributed by atoms with van der Waals surface area (Å²) in [6, 6.07) is 4.65. The van der Waals surface area contributed by atoms with Gasteiger partial charge in [-0.2, -0.15) is 0 Å². The van der Waals surface area contributed by atoms with Gasteiger partial charge in [0.05, 0.1) is 6.61 Å². The fourth-order valence-corrected chi connectivity index (χ4v) is 2.29. The molecule has 2 atom stereocenters. The highest BCUT2D eigenvalue weighted by Gasteiger charge is 2.24. The first-order chi connectivity index (χ1) is 7.70. The Morgan fingerprint density at radius 3 is 2.88 bits per heavy atom. The number of phenols is 2. The molecule has 0 aromatic heterocycles. The van der Waals surface area contributed by atoms with E-state index in [1.807, 2.05) is 0 Å². The van der Waals surface area contributed by atoms with Crippen LogP contribution in [0.15, 0.2) is 18.2 Å². The van der Waals surface area contributed by atoms with Gasteiger partial charge in [-0.1, -0.05) is 6.07 Å². The summed E-state index contributed by atoms with van der Waals surface area (Å²) < 4.78 is 0. The van der Waals surface area contributed by atoms with Gasteiger partial charge in [0.1, 0.15) is 11.5 Å². The second-order valence-electron chi connectivity index (χ2n) is 4.28. The highest BCUT2D eigenvalue weighted by molar-refractivity contribution is 5.41. The summed E-state index contributed by atoms with van der Waals surface area (Å²) >= 11 is 0. The van der Waals surface area contributed by atoms with Crippen LogP contribution in [-0.2, 0) is 5.11 Å². The molecule has 0 bridgehead atoms. The fourth-order valence-electron chi connectivity index (χ4n) is 2.29. The molecule has 0 amide bonds. The summed E-state index contributed by atoms with van der Waals surface area (Å²) in [5, 5.41) is 32.9. The molecule has 1 saturated heterocycles. The molecule has 0 saturated carbocycles. The van der Waals surface area contributed by atoms with Crippen LogP contribution in [-0.4, -0.2) is 29.4 Å². The molecule has 0 spiro atoms. The van der Waals surface area contributed by atoms with E-state index in [0.29, 0.717) is 0 Å². The van der Waals surface area contributed by atoms with Crippen LogP contribution in [0, 0.1) is 0 Å². The van der Waals surface area contributed by atoms with Crippen LogP contribution in [0.5, 0.6) is 11.5 Å². The number of rotatable bonds is 2. The maximum absolute atomic E-state index is 10.8. The Labute approximate surface area is 94.5 Å². The molecule has 4 heteroatoms. The zero-order valence-corrected chi connectivity index (χ0v) is 9.02. The maximum Gasteiger partial charge on any atom is 0.122 e. The largest absolute Gasteiger partial charge is 0.508 e. The first-order valence-electron chi connectivity index (χ1n) is 5.54. The third kappa shape index (κ3) is 2.28. The minimum Gasteiger partial charge on any atom is -0.508 e. The molecule has 87 valence electrons. The Morgan fingerprint density at radius 1 is 1.38 bits per heavy atom. The van der Waals surface area contributed by atoms with Crippen LogP contribution < -0.4 is 5.32 Å². The van der Waals surface area contributed by atoms with Gasteiger partial charge in [-0.3, -0.25) is 0 Å². The van der Waals surface area contributed by atoms with E-state index in [1.165, 1.54) is 6.07 Å². The average Bonchev–Trinajstić information content (AvgIpc) is 2.29. The van der Waals surface area contributed by atoms with E-state index in [1.54, 1.807) is 12.1 Å². The third-order valence-electron chi connectivity index (χ3n) is 3.15. The Morgan fingerprint density at radius 2 is 2.19 bits per heavy atom. The molecule has 1 fully saturated rings. The maximum atomic E-state index is 10.8. The van der Waals surface area contributed by atoms with Crippen LogP contribution in [0.3, 0.4) is 0 Å². The Hall–Kier alpha value is -1.26. The van der Waals surface area contributed by atoms with Gasteiger partial charge in [-0.05, 0) is 36.9 Å². The molecule has 1 aromatic carbocycles. The Kier molecular flexibility index (Phi) is 3.31. The summed E-state index contributed by atoms with van der Waals surface area (Å²) in [6.07, 6.45) is 1.66. The molecule has 2 rings (SSSR count). The van der Waals surface area contributed by atoms with Crippen molar-refractivity contribution in [2.75, 3.05) is 13.2 Å². The van der Waals surface area contributed by atoms with Crippen molar-refractivity contribution in [3.05, 3.63) is 23.8 Å². The third-order valence-corrected chi connectivity index (χ3v) is 3.15. The molecule has 3 N–H and O–H groups in total. The summed E-state index contributed by atoms with van der Waals surface area (Å²) in [6.45, 7) is 0.674. The number of hydrogen-bond acceptors (Lipinski definition) is 3. The van der Waals surface area contributed by atoms with Gasteiger partial charge in [0.15, 0.2) is 0 Å². The minimum atomic E-state index is -0.130. The van der Waals surface area contributed by atoms with E-state index in [4.69, 9.17) is 0 Å². The van der Waals surface area contributed by atoms with Crippen molar-refractivity contribution in [3.63, 3.8) is 0 Å². The molecule has 1 heterocycles. The van der Waals surface area contributed by atoms with Crippen molar-refractivity contribution < 1.29 is 15.3 Å². The predicted molar refractivity (Wildman–Crippen MR) is 59.1 cm³/mol. The van der Waals surface area contributed by atoms with Gasteiger partial charge in [0, 0.05) is 12.1 Å². The lowest BCUT2D eigenvalue weighted by Crippen LogP contribution is -2.39. The van der Waals surface area contributed by atoms with E-state index < -0.39 is 0 Å². The fraction of sp³-hybridized carbons (Fsp3) is 0.500. The zero-order chi connectivity index (χ0) is 11.5. The number of piperidine rings is 1. The second-order valence-corrected chi connectivity index (χ2v) is 4.28. The second kappa shape index (κ2) is 4.72. The first-order valence-corrected chi connectivity index (χ1v) is 5.54. The van der Waals surface area contributed by atoms with Crippen LogP contribution >= 0.6 is 0 Å². The highest BCUT2D eigenvalue weighted by Crippen LogP contribution is 2.35. The summed E-state index contributed by atoms with van der Waals surface area (Å²) in [5.41, 5.74) is 0.831. The van der Waals surface area contributed by atoms with Crippen molar-refractivity contribution in [3.8, 4) is 11.5 Å². The number of benzene rings is 1. The van der Waals surface area contributed by atoms with Crippen LogP contribution in [0.25, 0.3) is 0 Å². The average molecular weight is 222 g/mol. The highest BCUT2D eigenvalue weighted by atomic mass is 16.3. The number of hydrogen-bond donors (Lipinski definition) is 3. The molecular formula is C12H16NO3. The van der Waals surface area contributed by atoms with E-state index >= 15 is 0 Å². The Bertz CT molecular complexity index is 367. The number of phenolic OH excluding ortho intramolecular Hbond substituents is 2. The summed E-state index contributed by atoms with van der Waals surface area (Å²) in [4.78, 5) is 0. The molecule has 1 radical (unpaired) electrons. The van der Waals surface area contributed by atoms with Crippen molar-refractivity contribution in [1.29, 1.82) is 0 Å². The lowest BCUT2D eigenvalue weighted by atomic mass is 9.86. The van der Waals surface area contributed by atoms with E-state index in [-0.39, 0.29) is 30.1 Å². The molecular weight excluding hydrogens is 206 g/mol. The Balaban J connectivity index is 2.16. The molecule has 4 nitrogen and oxygen atoms in total. The normalized spacial score (nSPS) is 25.6.